The average molecular weight is 279 g/mol. The molecule has 0 spiro atoms. The monoisotopic (exact) mass is 279 g/mol. The molecule has 0 fully saturated rings. The molecule has 106 valence electrons. The van der Waals surface area contributed by atoms with Gasteiger partial charge in [0.1, 0.15) is 0 Å². The average Bonchev–Trinajstić information content (AvgIpc) is 2.54. The van der Waals surface area contributed by atoms with E-state index in [1.807, 2.05) is 30.3 Å². The number of nitrogens with zero attached hydrogens (tertiary/aromatic N) is 2. The van der Waals surface area contributed by atoms with Crippen LogP contribution in [0.15, 0.2) is 54.6 Å². The molecule has 2 aromatic rings. The predicted octanol–water partition coefficient (Wildman–Crippen LogP) is 2.09. The van der Waals surface area contributed by atoms with Crippen molar-refractivity contribution in [3.05, 3.63) is 65.7 Å². The Hall–Kier alpha value is -2.64. The summed E-state index contributed by atoms with van der Waals surface area (Å²) in [5.41, 5.74) is 8.21. The first-order chi connectivity index (χ1) is 10.1. The van der Waals surface area contributed by atoms with Crippen molar-refractivity contribution in [3.8, 4) is 6.07 Å². The number of hydrogen-bond donors (Lipinski definition) is 1. The van der Waals surface area contributed by atoms with E-state index in [2.05, 4.69) is 6.07 Å². The highest BCUT2D eigenvalue weighted by Crippen LogP contribution is 2.16. The third-order valence-electron chi connectivity index (χ3n) is 3.31. The maximum atomic E-state index is 12.4. The van der Waals surface area contributed by atoms with Crippen molar-refractivity contribution in [2.75, 3.05) is 11.9 Å². The number of rotatable bonds is 4. The first-order valence-electron chi connectivity index (χ1n) is 6.69. The van der Waals surface area contributed by atoms with E-state index in [4.69, 9.17) is 11.0 Å². The lowest BCUT2D eigenvalue weighted by Crippen LogP contribution is -2.43. The van der Waals surface area contributed by atoms with Gasteiger partial charge in [-0.1, -0.05) is 36.4 Å². The third-order valence-corrected chi connectivity index (χ3v) is 3.31. The van der Waals surface area contributed by atoms with Crippen LogP contribution < -0.4 is 10.6 Å². The molecule has 2 aromatic carbocycles. The minimum atomic E-state index is -0.608. The number of carbonyl (C=O) groups is 1. The van der Waals surface area contributed by atoms with Crippen LogP contribution in [0.4, 0.5) is 5.69 Å². The Morgan fingerprint density at radius 2 is 1.95 bits per heavy atom. The molecule has 21 heavy (non-hydrogen) atoms. The van der Waals surface area contributed by atoms with Crippen molar-refractivity contribution in [1.82, 2.24) is 0 Å². The van der Waals surface area contributed by atoms with E-state index in [9.17, 15) is 4.79 Å². The highest BCUT2D eigenvalue weighted by molar-refractivity contribution is 5.96. The van der Waals surface area contributed by atoms with E-state index in [0.29, 0.717) is 17.7 Å². The number of nitrogens with two attached hydrogens (primary N) is 1. The van der Waals surface area contributed by atoms with Crippen LogP contribution in [-0.4, -0.2) is 19.0 Å². The number of anilines is 1. The largest absolute Gasteiger partial charge is 0.320 e. The summed E-state index contributed by atoms with van der Waals surface area (Å²) in [6, 6.07) is 18.0. The number of carbonyl (C=O) groups excluding carboxylic acids is 1. The van der Waals surface area contributed by atoms with Gasteiger partial charge in [0.05, 0.1) is 17.7 Å². The van der Waals surface area contributed by atoms with Gasteiger partial charge in [-0.05, 0) is 30.2 Å². The molecule has 0 aromatic heterocycles. The van der Waals surface area contributed by atoms with Gasteiger partial charge in [-0.2, -0.15) is 5.26 Å². The zero-order valence-corrected chi connectivity index (χ0v) is 11.9. The fourth-order valence-electron chi connectivity index (χ4n) is 2.12. The minimum Gasteiger partial charge on any atom is -0.320 e. The zero-order chi connectivity index (χ0) is 15.2. The second-order valence-corrected chi connectivity index (χ2v) is 4.86. The van der Waals surface area contributed by atoms with Crippen LogP contribution in [-0.2, 0) is 11.2 Å². The van der Waals surface area contributed by atoms with Crippen LogP contribution in [0.25, 0.3) is 0 Å². The molecule has 1 atom stereocenters. The van der Waals surface area contributed by atoms with Gasteiger partial charge in [-0.25, -0.2) is 0 Å². The topological polar surface area (TPSA) is 70.1 Å². The van der Waals surface area contributed by atoms with Gasteiger partial charge in [-0.15, -0.1) is 0 Å². The highest BCUT2D eigenvalue weighted by Gasteiger charge is 2.19. The van der Waals surface area contributed by atoms with Crippen LogP contribution >= 0.6 is 0 Å². The summed E-state index contributed by atoms with van der Waals surface area (Å²) in [6.45, 7) is 0. The lowest BCUT2D eigenvalue weighted by molar-refractivity contribution is -0.119. The molecule has 0 heterocycles. The van der Waals surface area contributed by atoms with Crippen LogP contribution in [0.1, 0.15) is 11.1 Å². The molecule has 0 aliphatic carbocycles. The van der Waals surface area contributed by atoms with Gasteiger partial charge < -0.3 is 10.6 Å². The molecule has 2 rings (SSSR count). The predicted molar refractivity (Wildman–Crippen MR) is 82.7 cm³/mol. The molecule has 0 saturated heterocycles. The fraction of sp³-hybridized carbons (Fsp3) is 0.176. The van der Waals surface area contributed by atoms with Gasteiger partial charge in [0.25, 0.3) is 0 Å². The summed E-state index contributed by atoms with van der Waals surface area (Å²) in [7, 11) is 1.67. The summed E-state index contributed by atoms with van der Waals surface area (Å²) in [4.78, 5) is 13.9. The van der Waals surface area contributed by atoms with Crippen molar-refractivity contribution in [2.45, 2.75) is 12.5 Å². The SMILES string of the molecule is CN(C(=O)[C@H](N)Cc1ccccc1)c1cccc(C#N)c1. The molecule has 0 aliphatic rings. The van der Waals surface area contributed by atoms with E-state index in [-0.39, 0.29) is 5.91 Å². The minimum absolute atomic E-state index is 0.172. The zero-order valence-electron chi connectivity index (χ0n) is 11.9. The van der Waals surface area contributed by atoms with Crippen molar-refractivity contribution in [3.63, 3.8) is 0 Å². The number of nitriles is 1. The van der Waals surface area contributed by atoms with Crippen molar-refractivity contribution in [1.29, 1.82) is 5.26 Å². The summed E-state index contributed by atoms with van der Waals surface area (Å²) >= 11 is 0. The number of hydrogen-bond acceptors (Lipinski definition) is 3. The lowest BCUT2D eigenvalue weighted by atomic mass is 10.1. The van der Waals surface area contributed by atoms with E-state index in [1.54, 1.807) is 31.3 Å². The van der Waals surface area contributed by atoms with Crippen LogP contribution in [0.5, 0.6) is 0 Å². The molecular formula is C17H17N3O. The Morgan fingerprint density at radius 3 is 2.62 bits per heavy atom. The Bertz CT molecular complexity index is 661. The molecule has 1 amide bonds. The Balaban J connectivity index is 2.09. The van der Waals surface area contributed by atoms with Crippen molar-refractivity contribution < 1.29 is 4.79 Å². The fourth-order valence-corrected chi connectivity index (χ4v) is 2.12. The molecule has 0 saturated carbocycles. The van der Waals surface area contributed by atoms with Crippen LogP contribution in [0, 0.1) is 11.3 Å². The summed E-state index contributed by atoms with van der Waals surface area (Å²) in [6.07, 6.45) is 0.488. The quantitative estimate of drug-likeness (QED) is 0.931. The molecule has 0 radical (unpaired) electrons. The van der Waals surface area contributed by atoms with E-state index >= 15 is 0 Å². The second kappa shape index (κ2) is 6.69. The Morgan fingerprint density at radius 1 is 1.24 bits per heavy atom. The Kier molecular flexibility index (Phi) is 4.70. The van der Waals surface area contributed by atoms with Crippen LogP contribution in [0.2, 0.25) is 0 Å². The maximum Gasteiger partial charge on any atom is 0.243 e. The normalized spacial score (nSPS) is 11.5. The molecule has 0 unspecified atom stereocenters. The number of amides is 1. The van der Waals surface area contributed by atoms with Gasteiger partial charge in [0.2, 0.25) is 5.91 Å². The number of likely N-dealkylation sites (N-methyl/N-ethyl adjacent to an activating group) is 1. The summed E-state index contributed by atoms with van der Waals surface area (Å²) < 4.78 is 0. The molecule has 0 aliphatic heterocycles. The van der Waals surface area contributed by atoms with E-state index < -0.39 is 6.04 Å². The smallest absolute Gasteiger partial charge is 0.243 e. The molecular weight excluding hydrogens is 262 g/mol. The van der Waals surface area contributed by atoms with Gasteiger partial charge in [0.15, 0.2) is 0 Å². The van der Waals surface area contributed by atoms with Crippen molar-refractivity contribution >= 4 is 11.6 Å². The maximum absolute atomic E-state index is 12.4. The first kappa shape index (κ1) is 14.8. The van der Waals surface area contributed by atoms with Gasteiger partial charge in [-0.3, -0.25) is 4.79 Å². The summed E-state index contributed by atoms with van der Waals surface area (Å²) in [5.74, 6) is -0.172. The van der Waals surface area contributed by atoms with Gasteiger partial charge in [0, 0.05) is 12.7 Å². The lowest BCUT2D eigenvalue weighted by Gasteiger charge is -2.21. The van der Waals surface area contributed by atoms with Crippen molar-refractivity contribution in [2.24, 2.45) is 5.73 Å². The second-order valence-electron chi connectivity index (χ2n) is 4.86. The third kappa shape index (κ3) is 3.68. The number of benzene rings is 2. The molecule has 4 heteroatoms. The van der Waals surface area contributed by atoms with Gasteiger partial charge >= 0.3 is 0 Å². The first-order valence-corrected chi connectivity index (χ1v) is 6.69. The molecule has 2 N–H and O–H groups in total. The van der Waals surface area contributed by atoms with E-state index in [0.717, 1.165) is 5.56 Å². The van der Waals surface area contributed by atoms with E-state index in [1.165, 1.54) is 4.90 Å². The standard InChI is InChI=1S/C17H17N3O/c1-20(15-9-5-8-14(10-15)12-18)17(21)16(19)11-13-6-3-2-4-7-13/h2-10,16H,11,19H2,1H3/t16-/m1/s1. The Labute approximate surface area is 124 Å². The highest BCUT2D eigenvalue weighted by atomic mass is 16.2. The molecule has 0 bridgehead atoms. The van der Waals surface area contributed by atoms with Crippen LogP contribution in [0.3, 0.4) is 0 Å². The molecule has 4 nitrogen and oxygen atoms in total. The summed E-state index contributed by atoms with van der Waals surface area (Å²) in [5, 5.41) is 8.91.